The third-order valence-corrected chi connectivity index (χ3v) is 3.95. The minimum Gasteiger partial charge on any atom is -0.469 e. The zero-order chi connectivity index (χ0) is 17.1. The van der Waals surface area contributed by atoms with E-state index < -0.39 is 12.0 Å². The van der Waals surface area contributed by atoms with Crippen LogP contribution in [0.15, 0.2) is 0 Å². The fourth-order valence-corrected chi connectivity index (χ4v) is 2.56. The molecule has 0 aliphatic carbocycles. The van der Waals surface area contributed by atoms with E-state index in [0.717, 1.165) is 11.8 Å². The quantitative estimate of drug-likeness (QED) is 0.621. The Kier molecular flexibility index (Phi) is 10.3. The maximum Gasteiger partial charge on any atom is 0.305 e. The van der Waals surface area contributed by atoms with E-state index in [2.05, 4.69) is 10.1 Å². The number of likely N-dealkylation sites (N-methyl/N-ethyl adjacent to an activating group) is 1. The van der Waals surface area contributed by atoms with Gasteiger partial charge in [-0.1, -0.05) is 11.8 Å². The summed E-state index contributed by atoms with van der Waals surface area (Å²) in [4.78, 5) is 47.8. The van der Waals surface area contributed by atoms with Gasteiger partial charge in [0.1, 0.15) is 6.04 Å². The van der Waals surface area contributed by atoms with Crippen molar-refractivity contribution < 1.29 is 23.9 Å². The number of amides is 2. The fourth-order valence-electron chi connectivity index (χ4n) is 1.73. The van der Waals surface area contributed by atoms with Gasteiger partial charge in [-0.25, -0.2) is 0 Å². The maximum atomic E-state index is 12.3. The molecule has 0 saturated heterocycles. The summed E-state index contributed by atoms with van der Waals surface area (Å²) in [6.07, 6.45) is 0.0563. The summed E-state index contributed by atoms with van der Waals surface area (Å²) in [6, 6.07) is -0.746. The van der Waals surface area contributed by atoms with Gasteiger partial charge in [-0.05, 0) is 13.8 Å². The summed E-state index contributed by atoms with van der Waals surface area (Å²) in [7, 11) is 1.26. The van der Waals surface area contributed by atoms with Crippen molar-refractivity contribution in [3.63, 3.8) is 0 Å². The fraction of sp³-hybridized carbons (Fsp3) is 0.714. The molecular weight excluding hydrogens is 308 g/mol. The van der Waals surface area contributed by atoms with Crippen molar-refractivity contribution in [3.05, 3.63) is 0 Å². The molecule has 0 heterocycles. The number of carbonyl (C=O) groups is 4. The van der Waals surface area contributed by atoms with E-state index in [0.29, 0.717) is 13.1 Å². The predicted molar refractivity (Wildman–Crippen MR) is 84.2 cm³/mol. The van der Waals surface area contributed by atoms with Crippen molar-refractivity contribution >= 4 is 34.7 Å². The van der Waals surface area contributed by atoms with Crippen molar-refractivity contribution in [3.8, 4) is 0 Å². The van der Waals surface area contributed by atoms with Crippen LogP contribution in [0.1, 0.15) is 33.6 Å². The summed E-state index contributed by atoms with van der Waals surface area (Å²) in [6.45, 7) is 6.09. The van der Waals surface area contributed by atoms with Gasteiger partial charge in [-0.2, -0.15) is 0 Å². The number of hydrogen-bond donors (Lipinski definition) is 1. The zero-order valence-corrected chi connectivity index (χ0v) is 14.3. The van der Waals surface area contributed by atoms with E-state index in [1.54, 1.807) is 4.90 Å². The molecule has 126 valence electrons. The van der Waals surface area contributed by atoms with Crippen LogP contribution in [-0.4, -0.2) is 59.8 Å². The molecule has 0 aromatic heterocycles. The van der Waals surface area contributed by atoms with Crippen molar-refractivity contribution in [1.29, 1.82) is 0 Å². The molecule has 7 nitrogen and oxygen atoms in total. The lowest BCUT2D eigenvalue weighted by Gasteiger charge is -2.25. The molecule has 1 N–H and O–H groups in total. The Morgan fingerprint density at radius 2 is 1.73 bits per heavy atom. The van der Waals surface area contributed by atoms with Crippen LogP contribution in [-0.2, 0) is 23.9 Å². The number of carbonyl (C=O) groups excluding carboxylic acids is 4. The predicted octanol–water partition coefficient (Wildman–Crippen LogP) is 0.572. The molecule has 0 aliphatic rings. The highest BCUT2D eigenvalue weighted by Gasteiger charge is 2.24. The van der Waals surface area contributed by atoms with Crippen LogP contribution in [0, 0.1) is 0 Å². The summed E-state index contributed by atoms with van der Waals surface area (Å²) in [5.74, 6) is -0.845. The van der Waals surface area contributed by atoms with Crippen LogP contribution < -0.4 is 5.32 Å². The van der Waals surface area contributed by atoms with Gasteiger partial charge in [-0.15, -0.1) is 0 Å². The molecule has 1 atom stereocenters. The summed E-state index contributed by atoms with van der Waals surface area (Å²) >= 11 is 0.937. The van der Waals surface area contributed by atoms with E-state index in [1.165, 1.54) is 14.0 Å². The van der Waals surface area contributed by atoms with Gasteiger partial charge in [0.2, 0.25) is 11.8 Å². The van der Waals surface area contributed by atoms with Gasteiger partial charge < -0.3 is 15.0 Å². The Hall–Kier alpha value is -1.57. The normalized spacial score (nSPS) is 11.5. The highest BCUT2D eigenvalue weighted by atomic mass is 32.2. The monoisotopic (exact) mass is 332 g/mol. The molecule has 0 aliphatic heterocycles. The Bertz CT molecular complexity index is 410. The Labute approximate surface area is 135 Å². The topological polar surface area (TPSA) is 92.8 Å². The van der Waals surface area contributed by atoms with Gasteiger partial charge >= 0.3 is 5.97 Å². The number of thioether (sulfide) groups is 1. The van der Waals surface area contributed by atoms with Gasteiger partial charge in [0.05, 0.1) is 13.5 Å². The number of methoxy groups -OCH3 is 1. The molecule has 0 fully saturated rings. The van der Waals surface area contributed by atoms with Gasteiger partial charge in [0, 0.05) is 32.2 Å². The summed E-state index contributed by atoms with van der Waals surface area (Å²) < 4.78 is 4.46. The molecule has 22 heavy (non-hydrogen) atoms. The van der Waals surface area contributed by atoms with Crippen LogP contribution in [0.2, 0.25) is 0 Å². The average molecular weight is 332 g/mol. The molecule has 2 amide bonds. The number of nitrogens with zero attached hydrogens (tertiary/aromatic N) is 1. The smallest absolute Gasteiger partial charge is 0.305 e. The first-order valence-electron chi connectivity index (χ1n) is 7.13. The first kappa shape index (κ1) is 20.4. The second-order valence-corrected chi connectivity index (χ2v) is 5.60. The molecule has 0 saturated carbocycles. The van der Waals surface area contributed by atoms with E-state index in [-0.39, 0.29) is 35.5 Å². The van der Waals surface area contributed by atoms with Gasteiger partial charge in [0.25, 0.3) is 0 Å². The Morgan fingerprint density at radius 3 is 2.18 bits per heavy atom. The number of rotatable bonds is 9. The van der Waals surface area contributed by atoms with Crippen LogP contribution in [0.4, 0.5) is 0 Å². The number of ether oxygens (including phenoxy) is 1. The molecule has 0 rings (SSSR count). The zero-order valence-electron chi connectivity index (χ0n) is 13.5. The van der Waals surface area contributed by atoms with E-state index >= 15 is 0 Å². The number of nitrogens with one attached hydrogen (secondary N) is 1. The molecular formula is C14H24N2O5S. The minimum absolute atomic E-state index is 0.0110. The van der Waals surface area contributed by atoms with E-state index in [9.17, 15) is 19.2 Å². The second kappa shape index (κ2) is 11.1. The first-order valence-corrected chi connectivity index (χ1v) is 8.12. The lowest BCUT2D eigenvalue weighted by Crippen LogP contribution is -2.49. The lowest BCUT2D eigenvalue weighted by molar-refractivity contribution is -0.141. The number of hydrogen-bond acceptors (Lipinski definition) is 6. The average Bonchev–Trinajstić information content (AvgIpc) is 2.49. The molecule has 0 unspecified atom stereocenters. The maximum absolute atomic E-state index is 12.3. The van der Waals surface area contributed by atoms with Crippen LogP contribution in [0.25, 0.3) is 0 Å². The summed E-state index contributed by atoms with van der Waals surface area (Å²) in [5.41, 5.74) is 0. The highest BCUT2D eigenvalue weighted by molar-refractivity contribution is 8.13. The summed E-state index contributed by atoms with van der Waals surface area (Å²) in [5, 5.41) is 2.35. The SMILES string of the molecule is CCN(CC)C(=O)[C@H](CSC(=O)CCC(=O)OC)NC(C)=O. The second-order valence-electron chi connectivity index (χ2n) is 4.52. The third-order valence-electron chi connectivity index (χ3n) is 2.92. The van der Waals surface area contributed by atoms with Crippen molar-refractivity contribution in [2.45, 2.75) is 39.7 Å². The molecule has 0 bridgehead atoms. The Balaban J connectivity index is 4.53. The Morgan fingerprint density at radius 1 is 1.14 bits per heavy atom. The van der Waals surface area contributed by atoms with Crippen molar-refractivity contribution in [2.75, 3.05) is 26.0 Å². The molecule has 8 heteroatoms. The largest absolute Gasteiger partial charge is 0.469 e. The first-order chi connectivity index (χ1) is 10.3. The molecule has 0 aromatic rings. The highest BCUT2D eigenvalue weighted by Crippen LogP contribution is 2.11. The number of esters is 1. The van der Waals surface area contributed by atoms with E-state index in [4.69, 9.17) is 0 Å². The molecule has 0 spiro atoms. The minimum atomic E-state index is -0.746. The van der Waals surface area contributed by atoms with Gasteiger partial charge in [0.15, 0.2) is 5.12 Å². The van der Waals surface area contributed by atoms with Crippen molar-refractivity contribution in [2.24, 2.45) is 0 Å². The van der Waals surface area contributed by atoms with Gasteiger partial charge in [-0.3, -0.25) is 19.2 Å². The third kappa shape index (κ3) is 8.02. The lowest BCUT2D eigenvalue weighted by atomic mass is 10.2. The molecule has 0 radical (unpaired) electrons. The molecule has 0 aromatic carbocycles. The van der Waals surface area contributed by atoms with Crippen LogP contribution in [0.3, 0.4) is 0 Å². The van der Waals surface area contributed by atoms with Crippen LogP contribution >= 0.6 is 11.8 Å². The van der Waals surface area contributed by atoms with E-state index in [1.807, 2.05) is 13.8 Å². The van der Waals surface area contributed by atoms with Crippen molar-refractivity contribution in [1.82, 2.24) is 10.2 Å². The standard InChI is InChI=1S/C14H24N2O5S/c1-5-16(6-2)14(20)11(15-10(3)17)9-22-13(19)8-7-12(18)21-4/h11H,5-9H2,1-4H3,(H,15,17)/t11-/m0/s1. The van der Waals surface area contributed by atoms with Crippen LogP contribution in [0.5, 0.6) is 0 Å².